The summed E-state index contributed by atoms with van der Waals surface area (Å²) >= 11 is 0. The fourth-order valence-corrected chi connectivity index (χ4v) is 11.8. The third kappa shape index (κ3) is 10.1. The second-order valence-electron chi connectivity index (χ2n) is 21.0. The molecular formula is C57H66F2N10O6. The molecule has 2 aromatic heterocycles. The number of aromatic amines is 2. The lowest BCUT2D eigenvalue weighted by molar-refractivity contribution is -0.136. The van der Waals surface area contributed by atoms with Gasteiger partial charge in [0.25, 0.3) is 0 Å². The number of imidazole rings is 2. The highest BCUT2D eigenvalue weighted by Crippen LogP contribution is 2.49. The number of ether oxygens (including phenoxy) is 2. The number of rotatable bonds is 13. The Morgan fingerprint density at radius 1 is 0.640 bits per heavy atom. The number of aromatic nitrogens is 4. The molecular weight excluding hydrogens is 959 g/mol. The van der Waals surface area contributed by atoms with Gasteiger partial charge in [0.2, 0.25) is 11.8 Å². The Morgan fingerprint density at radius 2 is 1.13 bits per heavy atom. The number of hydrogen-bond donors (Lipinski definition) is 4. The van der Waals surface area contributed by atoms with Crippen LogP contribution in [0.5, 0.6) is 0 Å². The number of H-pyrrole nitrogens is 2. The zero-order valence-electron chi connectivity index (χ0n) is 43.4. The third-order valence-corrected chi connectivity index (χ3v) is 15.7. The first-order valence-corrected chi connectivity index (χ1v) is 26.3. The molecule has 0 aliphatic carbocycles. The summed E-state index contributed by atoms with van der Waals surface area (Å²) in [6.07, 6.45) is 5.61. The summed E-state index contributed by atoms with van der Waals surface area (Å²) in [5, 5.41) is 5.43. The van der Waals surface area contributed by atoms with Gasteiger partial charge in [0.15, 0.2) is 11.6 Å². The van der Waals surface area contributed by atoms with Crippen molar-refractivity contribution in [1.29, 1.82) is 0 Å². The average molecular weight is 1030 g/mol. The molecule has 10 rings (SSSR count). The van der Waals surface area contributed by atoms with Gasteiger partial charge in [-0.3, -0.25) is 9.59 Å². The summed E-state index contributed by atoms with van der Waals surface area (Å²) in [7, 11) is 2.55. The van der Waals surface area contributed by atoms with Crippen molar-refractivity contribution in [3.8, 4) is 0 Å². The molecule has 4 N–H and O–H groups in total. The summed E-state index contributed by atoms with van der Waals surface area (Å²) in [6.45, 7) is 9.40. The van der Waals surface area contributed by atoms with E-state index in [0.717, 1.165) is 46.1 Å². The van der Waals surface area contributed by atoms with Crippen molar-refractivity contribution in [2.75, 3.05) is 50.2 Å². The van der Waals surface area contributed by atoms with Crippen LogP contribution in [0.15, 0.2) is 84.9 Å². The van der Waals surface area contributed by atoms with Crippen LogP contribution >= 0.6 is 0 Å². The molecule has 0 saturated carbocycles. The maximum atomic E-state index is 16.8. The van der Waals surface area contributed by atoms with Gasteiger partial charge in [0.1, 0.15) is 29.4 Å². The summed E-state index contributed by atoms with van der Waals surface area (Å²) < 4.78 is 43.3. The van der Waals surface area contributed by atoms with Crippen molar-refractivity contribution in [3.63, 3.8) is 0 Å². The first-order valence-electron chi connectivity index (χ1n) is 26.3. The van der Waals surface area contributed by atoms with Crippen molar-refractivity contribution in [2.45, 2.75) is 109 Å². The fraction of sp³-hybridized carbons (Fsp3) is 0.439. The molecule has 4 aliphatic heterocycles. The van der Waals surface area contributed by atoms with E-state index in [9.17, 15) is 19.2 Å². The van der Waals surface area contributed by atoms with E-state index >= 15 is 8.78 Å². The smallest absolute Gasteiger partial charge is 0.407 e. The van der Waals surface area contributed by atoms with E-state index in [4.69, 9.17) is 19.4 Å². The zero-order valence-corrected chi connectivity index (χ0v) is 43.4. The van der Waals surface area contributed by atoms with Gasteiger partial charge in [0, 0.05) is 31.9 Å². The summed E-state index contributed by atoms with van der Waals surface area (Å²) in [4.78, 5) is 77.0. The summed E-state index contributed by atoms with van der Waals surface area (Å²) in [6, 6.07) is 22.2. The summed E-state index contributed by atoms with van der Waals surface area (Å²) in [5.41, 5.74) is 7.42. The van der Waals surface area contributed by atoms with Crippen LogP contribution in [-0.4, -0.2) is 106 Å². The van der Waals surface area contributed by atoms with Crippen LogP contribution in [0.25, 0.3) is 27.6 Å². The van der Waals surface area contributed by atoms with Crippen molar-refractivity contribution in [2.24, 2.45) is 11.8 Å². The quantitative estimate of drug-likeness (QED) is 0.0869. The van der Waals surface area contributed by atoms with Crippen LogP contribution in [0.4, 0.5) is 29.7 Å². The van der Waals surface area contributed by atoms with Crippen LogP contribution in [0.2, 0.25) is 0 Å². The van der Waals surface area contributed by atoms with Crippen molar-refractivity contribution in [3.05, 3.63) is 125 Å². The van der Waals surface area contributed by atoms with Crippen molar-refractivity contribution >= 4 is 63.0 Å². The number of benzene rings is 4. The minimum Gasteiger partial charge on any atom is -0.453 e. The maximum Gasteiger partial charge on any atom is 0.407 e. The van der Waals surface area contributed by atoms with Crippen LogP contribution in [0.1, 0.15) is 125 Å². The molecule has 4 aromatic carbocycles. The number of methoxy groups -OCH3 is 2. The van der Waals surface area contributed by atoms with Gasteiger partial charge in [-0.1, -0.05) is 76.2 Å². The van der Waals surface area contributed by atoms with Gasteiger partial charge < -0.3 is 49.7 Å². The Labute approximate surface area is 435 Å². The Hall–Kier alpha value is -7.50. The number of alkyl carbamates (subject to hydrolysis) is 2. The number of fused-ring (bicyclic) bond motifs is 2. The first-order chi connectivity index (χ1) is 36.2. The molecule has 6 aromatic rings. The molecule has 3 saturated heterocycles. The number of hydrogen-bond acceptors (Lipinski definition) is 10. The fourth-order valence-electron chi connectivity index (χ4n) is 11.8. The average Bonchev–Trinajstić information content (AvgIpc) is 4.28. The minimum absolute atomic E-state index is 0.0502. The van der Waals surface area contributed by atoms with Gasteiger partial charge in [0.05, 0.1) is 60.5 Å². The standard InChI is InChI=1S/C57H66F2N10O6/c1-32(2)49(64-56(72)74-5)54(70)67-24-10-14-47(67)52-60-41-18-16-36(28-43(41)62-52)45-20-21-46(69(45)38-30-39(58)51(40(59)31-38)66-26-22-35(23-27-66)34-12-8-7-9-13-34)37-17-19-42-44(29-37)63-53(61-42)48-15-11-25-68(48)55(71)50(33(3)4)65-57(73)75-6/h7-9,12-13,16-19,22,28-33,45-50H,10-11,14-15,20-21,23-27H2,1-6H3,(H,60,62)(H,61,63)(H,64,72)(H,65,73)/t45-,46-,47+,48+,49+,50+/m1/s1. The number of halogens is 2. The normalized spacial score (nSPS) is 20.8. The van der Waals surface area contributed by atoms with Crippen molar-refractivity contribution < 1.29 is 37.4 Å². The molecule has 0 unspecified atom stereocenters. The van der Waals surface area contributed by atoms with Crippen molar-refractivity contribution in [1.82, 2.24) is 40.4 Å². The molecule has 4 amide bonds. The highest BCUT2D eigenvalue weighted by atomic mass is 19.1. The molecule has 0 radical (unpaired) electrons. The highest BCUT2D eigenvalue weighted by molar-refractivity contribution is 5.88. The van der Waals surface area contributed by atoms with Crippen LogP contribution < -0.4 is 20.4 Å². The van der Waals surface area contributed by atoms with E-state index in [0.29, 0.717) is 86.7 Å². The SMILES string of the molecule is COC(=O)N[C@H](C(=O)N1CCC[C@H]1c1nc2cc([C@H]3CC[C@H](c4ccc5[nH]c([C@@H]6CCCN6C(=O)[C@@H](NC(=O)OC)C(C)C)nc5c4)N3c3cc(F)c(N4CC=C(c5ccccc5)CC4)c(F)c3)ccc2[nH]1)C(C)C. The highest BCUT2D eigenvalue weighted by Gasteiger charge is 2.41. The van der Waals surface area contributed by atoms with E-state index < -0.39 is 35.9 Å². The first kappa shape index (κ1) is 51.0. The number of carbonyl (C=O) groups is 4. The molecule has 18 heteroatoms. The predicted molar refractivity (Wildman–Crippen MR) is 283 cm³/mol. The number of nitrogens with zero attached hydrogens (tertiary/aromatic N) is 6. The zero-order chi connectivity index (χ0) is 52.7. The number of likely N-dealkylation sites (tertiary alicyclic amines) is 2. The molecule has 75 heavy (non-hydrogen) atoms. The number of amides is 4. The number of carbonyl (C=O) groups excluding carboxylic acids is 4. The van der Waals surface area contributed by atoms with E-state index in [1.54, 1.807) is 14.7 Å². The lowest BCUT2D eigenvalue weighted by atomic mass is 9.99. The van der Waals surface area contributed by atoms with E-state index in [1.165, 1.54) is 26.4 Å². The molecule has 16 nitrogen and oxygen atoms in total. The number of anilines is 2. The lowest BCUT2D eigenvalue weighted by Crippen LogP contribution is -2.51. The van der Waals surface area contributed by atoms with E-state index in [-0.39, 0.29) is 53.5 Å². The van der Waals surface area contributed by atoms with Gasteiger partial charge in [-0.25, -0.2) is 28.3 Å². The second kappa shape index (κ2) is 21.4. The van der Waals surface area contributed by atoms with Gasteiger partial charge in [-0.05, 0) is 115 Å². The topological polar surface area (TPSA) is 181 Å². The Balaban J connectivity index is 0.973. The molecule has 3 fully saturated rings. The molecule has 6 heterocycles. The minimum atomic E-state index is -0.770. The monoisotopic (exact) mass is 1020 g/mol. The van der Waals surface area contributed by atoms with Crippen LogP contribution in [0, 0.1) is 23.5 Å². The maximum absolute atomic E-state index is 16.8. The predicted octanol–water partition coefficient (Wildman–Crippen LogP) is 10.2. The molecule has 394 valence electrons. The number of nitrogens with one attached hydrogen (secondary N) is 4. The van der Waals surface area contributed by atoms with Gasteiger partial charge >= 0.3 is 12.2 Å². The Morgan fingerprint density at radius 3 is 1.57 bits per heavy atom. The Kier molecular flexibility index (Phi) is 14.5. The summed E-state index contributed by atoms with van der Waals surface area (Å²) in [5.74, 6) is -0.739. The largest absolute Gasteiger partial charge is 0.453 e. The van der Waals surface area contributed by atoms with Crippen LogP contribution in [-0.2, 0) is 19.1 Å². The Bertz CT molecular complexity index is 2970. The van der Waals surface area contributed by atoms with E-state index in [1.807, 2.05) is 88.4 Å². The molecule has 6 atom stereocenters. The molecule has 0 spiro atoms. The lowest BCUT2D eigenvalue weighted by Gasteiger charge is -2.35. The van der Waals surface area contributed by atoms with Gasteiger partial charge in [-0.15, -0.1) is 0 Å². The van der Waals surface area contributed by atoms with E-state index in [2.05, 4.69) is 37.6 Å². The molecule has 0 bridgehead atoms. The van der Waals surface area contributed by atoms with Gasteiger partial charge in [-0.2, -0.15) is 0 Å². The molecule has 4 aliphatic rings. The second-order valence-corrected chi connectivity index (χ2v) is 21.0. The van der Waals surface area contributed by atoms with Crippen LogP contribution in [0.3, 0.4) is 0 Å². The third-order valence-electron chi connectivity index (χ3n) is 15.7.